The Balaban J connectivity index is -0.000000205. The van der Waals surface area contributed by atoms with Gasteiger partial charge in [-0.2, -0.15) is 0 Å². The van der Waals surface area contributed by atoms with Crippen molar-refractivity contribution in [3.8, 4) is 0 Å². The minimum Gasteiger partial charge on any atom is -1.00 e. The average molecular weight is 515 g/mol. The van der Waals surface area contributed by atoms with E-state index in [4.69, 9.17) is 21.4 Å². The molecule has 0 aliphatic heterocycles. The fraction of sp³-hybridized carbons (Fsp3) is 0.583. The van der Waals surface area contributed by atoms with E-state index < -0.39 is 11.2 Å². The van der Waals surface area contributed by atoms with Gasteiger partial charge in [0.25, 0.3) is 0 Å². The number of pyridine rings is 2. The summed E-state index contributed by atoms with van der Waals surface area (Å²) in [4.78, 5) is 7.76. The Labute approximate surface area is 234 Å². The van der Waals surface area contributed by atoms with Gasteiger partial charge in [0.1, 0.15) is 0 Å². The first-order valence-corrected chi connectivity index (χ1v) is 11.3. The van der Waals surface area contributed by atoms with Crippen LogP contribution in [0.2, 0.25) is 0 Å². The van der Waals surface area contributed by atoms with Gasteiger partial charge >= 0.3 is 29.6 Å². The molecule has 0 fully saturated rings. The second-order valence-electron chi connectivity index (χ2n) is 7.36. The van der Waals surface area contributed by atoms with Crippen molar-refractivity contribution in [3.05, 3.63) is 60.2 Å². The summed E-state index contributed by atoms with van der Waals surface area (Å²) in [5, 5.41) is 27.7. The molecule has 0 atom stereocenters. The first-order chi connectivity index (χ1) is 14.8. The van der Waals surface area contributed by atoms with Gasteiger partial charge in [-0.3, -0.25) is 9.97 Å². The summed E-state index contributed by atoms with van der Waals surface area (Å²) in [6.45, 7) is 8.46. The minimum atomic E-state index is -0.819. The van der Waals surface area contributed by atoms with Crippen LogP contribution in [0.3, 0.4) is 0 Å². The van der Waals surface area contributed by atoms with Gasteiger partial charge in [-0.1, -0.05) is 27.7 Å². The maximum Gasteiger partial charge on any atom is 1.00 e. The van der Waals surface area contributed by atoms with Crippen LogP contribution in [-0.4, -0.2) is 49.7 Å². The van der Waals surface area contributed by atoms with Gasteiger partial charge < -0.3 is 21.5 Å². The summed E-state index contributed by atoms with van der Waals surface area (Å²) in [6.07, 6.45) is 9.64. The Hall–Kier alpha value is -0.280. The molecule has 186 valence electrons. The third-order valence-electron chi connectivity index (χ3n) is 5.22. The van der Waals surface area contributed by atoms with Crippen LogP contribution in [0.4, 0.5) is 0 Å². The van der Waals surface area contributed by atoms with Crippen molar-refractivity contribution in [3.63, 3.8) is 0 Å². The summed E-state index contributed by atoms with van der Waals surface area (Å²) < 4.78 is 5.49. The standard InChI is InChI=1S/C12H19NO2.C6H6ClN.C6H14O2.ClH.Na.H/c1-3-12(14,4-2)10-15-9-11-5-7-13-8-6-11;7-5-6-1-3-8-4-2-6;1-3-6(8,4-2)5-7;;;/h5-8,14H,3-4,9-10H2,1-2H3;1-4H,5H2;7-8H,3-5H2,1-2H3;1H;;/q;;;;+1;-1. The fourth-order valence-electron chi connectivity index (χ4n) is 2.24. The zero-order valence-electron chi connectivity index (χ0n) is 21.7. The van der Waals surface area contributed by atoms with E-state index in [0.29, 0.717) is 31.9 Å². The van der Waals surface area contributed by atoms with E-state index in [1.165, 1.54) is 0 Å². The predicted molar refractivity (Wildman–Crippen MR) is 134 cm³/mol. The SMILES string of the molecule is CCC(O)(CC)CO.CCC(O)(CC)COCc1ccncc1.Cl.ClCc1ccncc1.[H-].[Na+]. The molecular formula is C24H41Cl2N2NaO4. The molecule has 6 nitrogen and oxygen atoms in total. The van der Waals surface area contributed by atoms with E-state index in [9.17, 15) is 10.2 Å². The molecule has 2 aromatic heterocycles. The van der Waals surface area contributed by atoms with Gasteiger partial charge in [-0.25, -0.2) is 0 Å². The van der Waals surface area contributed by atoms with Gasteiger partial charge in [0.15, 0.2) is 0 Å². The van der Waals surface area contributed by atoms with Crippen LogP contribution >= 0.6 is 24.0 Å². The number of halogens is 2. The van der Waals surface area contributed by atoms with Crippen molar-refractivity contribution in [2.75, 3.05) is 13.2 Å². The van der Waals surface area contributed by atoms with E-state index in [1.807, 2.05) is 52.0 Å². The number of hydrogen-bond acceptors (Lipinski definition) is 6. The van der Waals surface area contributed by atoms with Crippen LogP contribution < -0.4 is 29.6 Å². The van der Waals surface area contributed by atoms with E-state index in [0.717, 1.165) is 24.0 Å². The summed E-state index contributed by atoms with van der Waals surface area (Å²) in [6, 6.07) is 7.62. The normalized spacial score (nSPS) is 10.4. The van der Waals surface area contributed by atoms with Crippen LogP contribution in [-0.2, 0) is 17.2 Å². The van der Waals surface area contributed by atoms with Crippen LogP contribution in [0.5, 0.6) is 0 Å². The van der Waals surface area contributed by atoms with Crippen molar-refractivity contribution in [2.45, 2.75) is 77.1 Å². The number of aromatic nitrogens is 2. The van der Waals surface area contributed by atoms with Crippen molar-refractivity contribution < 1.29 is 51.0 Å². The topological polar surface area (TPSA) is 95.7 Å². The Morgan fingerprint density at radius 2 is 1.21 bits per heavy atom. The molecule has 0 saturated carbocycles. The van der Waals surface area contributed by atoms with Crippen molar-refractivity contribution >= 4 is 24.0 Å². The number of alkyl halides is 1. The number of hydrogen-bond donors (Lipinski definition) is 3. The summed E-state index contributed by atoms with van der Waals surface area (Å²) >= 11 is 5.50. The van der Waals surface area contributed by atoms with E-state index in [-0.39, 0.29) is 50.0 Å². The maximum absolute atomic E-state index is 9.97. The Morgan fingerprint density at radius 1 is 0.818 bits per heavy atom. The molecule has 0 radical (unpaired) electrons. The molecule has 0 amide bonds. The monoisotopic (exact) mass is 514 g/mol. The molecule has 2 aromatic rings. The quantitative estimate of drug-likeness (QED) is 0.331. The number of ether oxygens (including phenoxy) is 1. The fourth-order valence-corrected chi connectivity index (χ4v) is 2.42. The predicted octanol–water partition coefficient (Wildman–Crippen LogP) is 2.04. The summed E-state index contributed by atoms with van der Waals surface area (Å²) in [5.41, 5.74) is 0.703. The van der Waals surface area contributed by atoms with Crippen molar-refractivity contribution in [2.24, 2.45) is 0 Å². The third kappa shape index (κ3) is 17.8. The van der Waals surface area contributed by atoms with Crippen molar-refractivity contribution in [1.29, 1.82) is 0 Å². The van der Waals surface area contributed by atoms with E-state index in [1.54, 1.807) is 24.8 Å². The molecule has 0 aromatic carbocycles. The molecule has 0 saturated heterocycles. The number of rotatable bonds is 10. The minimum absolute atomic E-state index is 0. The van der Waals surface area contributed by atoms with E-state index in [2.05, 4.69) is 9.97 Å². The number of aliphatic hydroxyl groups excluding tert-OH is 1. The molecule has 3 N–H and O–H groups in total. The van der Waals surface area contributed by atoms with Gasteiger partial charge in [-0.05, 0) is 61.1 Å². The zero-order chi connectivity index (χ0) is 23.6. The largest absolute Gasteiger partial charge is 1.00 e. The molecule has 0 aliphatic rings. The summed E-state index contributed by atoms with van der Waals surface area (Å²) in [7, 11) is 0. The second-order valence-corrected chi connectivity index (χ2v) is 7.63. The van der Waals surface area contributed by atoms with Gasteiger partial charge in [0.2, 0.25) is 0 Å². The molecule has 2 heterocycles. The van der Waals surface area contributed by atoms with Gasteiger partial charge in [0, 0.05) is 30.7 Å². The van der Waals surface area contributed by atoms with Crippen LogP contribution in [0.1, 0.15) is 65.9 Å². The van der Waals surface area contributed by atoms with Crippen LogP contribution in [0.15, 0.2) is 49.1 Å². The Bertz CT molecular complexity index is 660. The van der Waals surface area contributed by atoms with Crippen molar-refractivity contribution in [1.82, 2.24) is 9.97 Å². The molecular weight excluding hydrogens is 474 g/mol. The Morgan fingerprint density at radius 3 is 1.48 bits per heavy atom. The first kappa shape index (κ1) is 37.3. The summed E-state index contributed by atoms with van der Waals surface area (Å²) in [5.74, 6) is 0.572. The first-order valence-electron chi connectivity index (χ1n) is 10.8. The number of aliphatic hydroxyl groups is 3. The molecule has 33 heavy (non-hydrogen) atoms. The van der Waals surface area contributed by atoms with Gasteiger partial charge in [-0.15, -0.1) is 24.0 Å². The second kappa shape index (κ2) is 22.2. The van der Waals surface area contributed by atoms with Crippen LogP contribution in [0, 0.1) is 0 Å². The molecule has 9 heteroatoms. The van der Waals surface area contributed by atoms with Gasteiger partial charge in [0.05, 0.1) is 31.0 Å². The smallest absolute Gasteiger partial charge is 1.00 e. The van der Waals surface area contributed by atoms with Crippen LogP contribution in [0.25, 0.3) is 0 Å². The third-order valence-corrected chi connectivity index (χ3v) is 5.53. The maximum atomic E-state index is 9.97. The molecule has 0 aliphatic carbocycles. The molecule has 0 spiro atoms. The Kier molecular flexibility index (Phi) is 25.1. The van der Waals surface area contributed by atoms with E-state index >= 15 is 0 Å². The molecule has 0 unspecified atom stereocenters. The molecule has 0 bridgehead atoms. The average Bonchev–Trinajstić information content (AvgIpc) is 2.85. The molecule has 2 rings (SSSR count). The zero-order valence-corrected chi connectivity index (χ0v) is 24.3. The number of nitrogens with zero attached hydrogens (tertiary/aromatic N) is 2.